The summed E-state index contributed by atoms with van der Waals surface area (Å²) in [6.07, 6.45) is 3.43. The molecule has 0 fully saturated rings. The second-order valence-electron chi connectivity index (χ2n) is 7.37. The van der Waals surface area contributed by atoms with Crippen LogP contribution >= 0.6 is 0 Å². The third kappa shape index (κ3) is 4.58. The summed E-state index contributed by atoms with van der Waals surface area (Å²) < 4.78 is 1.99. The zero-order valence-corrected chi connectivity index (χ0v) is 17.2. The van der Waals surface area contributed by atoms with E-state index >= 15 is 0 Å². The average molecular weight is 374 g/mol. The fourth-order valence-corrected chi connectivity index (χ4v) is 3.18. The number of rotatable bonds is 5. The molecule has 0 spiro atoms. The lowest BCUT2D eigenvalue weighted by molar-refractivity contribution is -0.111. The van der Waals surface area contributed by atoms with Gasteiger partial charge in [0.05, 0.1) is 12.2 Å². The number of carbonyl (C=O) groups excluding carboxylic acids is 1. The van der Waals surface area contributed by atoms with Gasteiger partial charge in [0.2, 0.25) is 5.91 Å². The van der Waals surface area contributed by atoms with Crippen molar-refractivity contribution in [1.29, 1.82) is 0 Å². The molecule has 2 aromatic carbocycles. The van der Waals surface area contributed by atoms with Crippen molar-refractivity contribution in [3.8, 4) is 0 Å². The second kappa shape index (κ2) is 8.26. The van der Waals surface area contributed by atoms with E-state index in [0.717, 1.165) is 40.3 Å². The zero-order chi connectivity index (χ0) is 20.3. The molecule has 4 nitrogen and oxygen atoms in total. The summed E-state index contributed by atoms with van der Waals surface area (Å²) in [4.78, 5) is 12.4. The lowest BCUT2D eigenvalue weighted by atomic mass is 10.1. The molecule has 0 aliphatic rings. The number of carbonyl (C=O) groups is 1. The van der Waals surface area contributed by atoms with Crippen molar-refractivity contribution in [2.45, 2.75) is 41.2 Å². The maximum atomic E-state index is 12.4. The zero-order valence-electron chi connectivity index (χ0n) is 17.2. The molecule has 0 bridgehead atoms. The van der Waals surface area contributed by atoms with Crippen LogP contribution in [0.3, 0.4) is 0 Å². The Bertz CT molecular complexity index is 1030. The van der Waals surface area contributed by atoms with E-state index < -0.39 is 0 Å². The molecule has 0 unspecified atom stereocenters. The van der Waals surface area contributed by atoms with E-state index in [4.69, 9.17) is 0 Å². The van der Waals surface area contributed by atoms with Gasteiger partial charge in [-0.1, -0.05) is 42.0 Å². The summed E-state index contributed by atoms with van der Waals surface area (Å²) in [5, 5.41) is 7.61. The van der Waals surface area contributed by atoms with Gasteiger partial charge in [0, 0.05) is 23.0 Å². The summed E-state index contributed by atoms with van der Waals surface area (Å²) in [7, 11) is 0. The molecule has 0 aliphatic heterocycles. The van der Waals surface area contributed by atoms with Crippen LogP contribution in [0.2, 0.25) is 0 Å². The van der Waals surface area contributed by atoms with Gasteiger partial charge in [-0.05, 0) is 63.5 Å². The first kappa shape index (κ1) is 19.6. The van der Waals surface area contributed by atoms with Crippen LogP contribution in [0.25, 0.3) is 6.08 Å². The van der Waals surface area contributed by atoms with Gasteiger partial charge in [-0.15, -0.1) is 0 Å². The normalized spacial score (nSPS) is 11.2. The van der Waals surface area contributed by atoms with Crippen molar-refractivity contribution in [3.63, 3.8) is 0 Å². The summed E-state index contributed by atoms with van der Waals surface area (Å²) in [5.41, 5.74) is 8.42. The van der Waals surface area contributed by atoms with Gasteiger partial charge >= 0.3 is 0 Å². The Hall–Kier alpha value is -3.14. The summed E-state index contributed by atoms with van der Waals surface area (Å²) in [5.74, 6) is -0.140. The van der Waals surface area contributed by atoms with Crippen molar-refractivity contribution in [2.75, 3.05) is 5.32 Å². The largest absolute Gasteiger partial charge is 0.322 e. The maximum Gasteiger partial charge on any atom is 0.248 e. The molecule has 0 saturated heterocycles. The molecule has 3 aromatic rings. The summed E-state index contributed by atoms with van der Waals surface area (Å²) in [6, 6.07) is 14.5. The smallest absolute Gasteiger partial charge is 0.248 e. The van der Waals surface area contributed by atoms with Crippen molar-refractivity contribution in [2.24, 2.45) is 0 Å². The number of amides is 1. The molecule has 144 valence electrons. The van der Waals surface area contributed by atoms with E-state index in [-0.39, 0.29) is 5.91 Å². The molecule has 1 N–H and O–H groups in total. The highest BCUT2D eigenvalue weighted by atomic mass is 16.1. The van der Waals surface area contributed by atoms with Crippen LogP contribution in [0.15, 0.2) is 48.5 Å². The quantitative estimate of drug-likeness (QED) is 0.631. The van der Waals surface area contributed by atoms with Crippen LogP contribution in [0, 0.1) is 34.6 Å². The molecule has 1 amide bonds. The van der Waals surface area contributed by atoms with E-state index in [0.29, 0.717) is 0 Å². The highest BCUT2D eigenvalue weighted by Crippen LogP contribution is 2.18. The number of hydrogen-bond acceptors (Lipinski definition) is 2. The van der Waals surface area contributed by atoms with Gasteiger partial charge in [-0.3, -0.25) is 9.48 Å². The van der Waals surface area contributed by atoms with Crippen molar-refractivity contribution in [3.05, 3.63) is 87.7 Å². The minimum absolute atomic E-state index is 0.140. The summed E-state index contributed by atoms with van der Waals surface area (Å²) >= 11 is 0. The van der Waals surface area contributed by atoms with Gasteiger partial charge < -0.3 is 5.32 Å². The van der Waals surface area contributed by atoms with Crippen LogP contribution in [-0.2, 0) is 11.3 Å². The van der Waals surface area contributed by atoms with Crippen LogP contribution in [0.1, 0.15) is 39.2 Å². The fourth-order valence-electron chi connectivity index (χ4n) is 3.18. The molecule has 1 heterocycles. The van der Waals surface area contributed by atoms with E-state index in [2.05, 4.69) is 41.6 Å². The fraction of sp³-hybridized carbons (Fsp3) is 0.250. The Morgan fingerprint density at radius 1 is 1.00 bits per heavy atom. The number of nitrogens with zero attached hydrogens (tertiary/aromatic N) is 2. The lowest BCUT2D eigenvalue weighted by Crippen LogP contribution is -2.09. The Morgan fingerprint density at radius 3 is 2.39 bits per heavy atom. The highest BCUT2D eigenvalue weighted by molar-refractivity contribution is 6.02. The number of hydrogen-bond donors (Lipinski definition) is 1. The predicted molar refractivity (Wildman–Crippen MR) is 116 cm³/mol. The van der Waals surface area contributed by atoms with Gasteiger partial charge in [0.15, 0.2) is 0 Å². The topological polar surface area (TPSA) is 46.9 Å². The second-order valence-corrected chi connectivity index (χ2v) is 7.37. The molecular formula is C24H27N3O. The highest BCUT2D eigenvalue weighted by Gasteiger charge is 2.10. The number of aryl methyl sites for hydroxylation is 4. The molecule has 0 aliphatic carbocycles. The van der Waals surface area contributed by atoms with Gasteiger partial charge in [0.25, 0.3) is 0 Å². The first-order chi connectivity index (χ1) is 13.3. The Labute approximate surface area is 166 Å². The van der Waals surface area contributed by atoms with E-state index in [9.17, 15) is 4.79 Å². The Balaban J connectivity index is 1.74. The Morgan fingerprint density at radius 2 is 1.68 bits per heavy atom. The number of aromatic nitrogens is 2. The first-order valence-electron chi connectivity index (χ1n) is 9.49. The molecule has 28 heavy (non-hydrogen) atoms. The maximum absolute atomic E-state index is 12.4. The number of nitrogens with one attached hydrogen (secondary N) is 1. The van der Waals surface area contributed by atoms with Crippen LogP contribution < -0.4 is 5.32 Å². The van der Waals surface area contributed by atoms with Crippen LogP contribution in [0.5, 0.6) is 0 Å². The number of benzene rings is 2. The van der Waals surface area contributed by atoms with Crippen LogP contribution in [-0.4, -0.2) is 15.7 Å². The standard InChI is InChI=1S/C24H27N3O/c1-16-7-10-21(11-8-16)15-27-20(5)22(19(4)26-27)12-13-24(28)25-23-14-17(2)6-9-18(23)3/h6-14H,15H2,1-5H3,(H,25,28)/b13-12+. The summed E-state index contributed by atoms with van der Waals surface area (Å²) in [6.45, 7) is 10.8. The van der Waals surface area contributed by atoms with Crippen molar-refractivity contribution in [1.82, 2.24) is 9.78 Å². The predicted octanol–water partition coefficient (Wildman–Crippen LogP) is 5.13. The molecule has 0 saturated carbocycles. The average Bonchev–Trinajstić information content (AvgIpc) is 2.91. The molecule has 1 aromatic heterocycles. The molecule has 4 heteroatoms. The Kier molecular flexibility index (Phi) is 5.78. The minimum Gasteiger partial charge on any atom is -0.322 e. The van der Waals surface area contributed by atoms with Crippen molar-refractivity contribution >= 4 is 17.7 Å². The monoisotopic (exact) mass is 373 g/mol. The number of anilines is 1. The van der Waals surface area contributed by atoms with E-state index in [1.807, 2.05) is 56.7 Å². The molecule has 3 rings (SSSR count). The minimum atomic E-state index is -0.140. The molecule has 0 atom stereocenters. The third-order valence-electron chi connectivity index (χ3n) is 4.94. The van der Waals surface area contributed by atoms with E-state index in [1.54, 1.807) is 6.08 Å². The third-order valence-corrected chi connectivity index (χ3v) is 4.94. The van der Waals surface area contributed by atoms with Gasteiger partial charge in [0.1, 0.15) is 0 Å². The van der Waals surface area contributed by atoms with Gasteiger partial charge in [-0.25, -0.2) is 0 Å². The first-order valence-corrected chi connectivity index (χ1v) is 9.49. The molecular weight excluding hydrogens is 346 g/mol. The van der Waals surface area contributed by atoms with Gasteiger partial charge in [-0.2, -0.15) is 5.10 Å². The molecule has 0 radical (unpaired) electrons. The van der Waals surface area contributed by atoms with Crippen molar-refractivity contribution < 1.29 is 4.79 Å². The SMILES string of the molecule is Cc1ccc(Cn2nc(C)c(/C=C/C(=O)Nc3cc(C)ccc3C)c2C)cc1. The lowest BCUT2D eigenvalue weighted by Gasteiger charge is -2.07. The van der Waals surface area contributed by atoms with E-state index in [1.165, 1.54) is 11.1 Å². The van der Waals surface area contributed by atoms with Crippen LogP contribution in [0.4, 0.5) is 5.69 Å².